The fourth-order valence-electron chi connectivity index (χ4n) is 3.34. The van der Waals surface area contributed by atoms with Gasteiger partial charge in [0, 0.05) is 27.8 Å². The molecule has 1 aromatic heterocycles. The van der Waals surface area contributed by atoms with Crippen molar-refractivity contribution in [2.45, 2.75) is 31.8 Å². The molecule has 2 N–H and O–H groups in total. The molecule has 3 rings (SSSR count). The minimum absolute atomic E-state index is 0.0332. The van der Waals surface area contributed by atoms with E-state index in [-0.39, 0.29) is 35.7 Å². The summed E-state index contributed by atoms with van der Waals surface area (Å²) in [7, 11) is 0. The molecule has 0 fully saturated rings. The first-order valence-corrected chi connectivity index (χ1v) is 8.52. The minimum atomic E-state index is -2.97. The van der Waals surface area contributed by atoms with E-state index in [2.05, 4.69) is 0 Å². The Morgan fingerprint density at radius 1 is 1.44 bits per heavy atom. The second-order valence-corrected chi connectivity index (χ2v) is 6.56. The van der Waals surface area contributed by atoms with Crippen molar-refractivity contribution in [2.24, 2.45) is 0 Å². The molecule has 1 unspecified atom stereocenters. The first-order valence-electron chi connectivity index (χ1n) is 8.15. The van der Waals surface area contributed by atoms with Gasteiger partial charge in [-0.1, -0.05) is 17.7 Å². The number of halogens is 4. The Morgan fingerprint density at radius 3 is 2.78 bits per heavy atom. The Bertz CT molecular complexity index is 922. The van der Waals surface area contributed by atoms with E-state index in [4.69, 9.17) is 16.3 Å². The zero-order chi connectivity index (χ0) is 19.9. The van der Waals surface area contributed by atoms with Crippen LogP contribution in [0.1, 0.15) is 36.6 Å². The number of hydrogen-bond donors (Lipinski definition) is 2. The molecule has 0 spiro atoms. The average Bonchev–Trinajstić information content (AvgIpc) is 2.96. The predicted molar refractivity (Wildman–Crippen MR) is 88.0 cm³/mol. The van der Waals surface area contributed by atoms with Crippen molar-refractivity contribution in [3.8, 4) is 11.1 Å². The van der Waals surface area contributed by atoms with Crippen LogP contribution in [0.2, 0.25) is 5.02 Å². The summed E-state index contributed by atoms with van der Waals surface area (Å²) in [6.07, 6.45) is -1.92. The number of hydrogen-bond acceptors (Lipinski definition) is 4. The Labute approximate surface area is 157 Å². The molecule has 1 heterocycles. The lowest BCUT2D eigenvalue weighted by Crippen LogP contribution is -2.47. The van der Waals surface area contributed by atoms with Crippen molar-refractivity contribution < 1.29 is 37.7 Å². The lowest BCUT2D eigenvalue weighted by Gasteiger charge is -2.17. The highest BCUT2D eigenvalue weighted by atomic mass is 35.5. The summed E-state index contributed by atoms with van der Waals surface area (Å²) in [5.41, 5.74) is -2.99. The summed E-state index contributed by atoms with van der Waals surface area (Å²) in [5, 5.41) is 20.6. The summed E-state index contributed by atoms with van der Waals surface area (Å²) >= 11 is 5.73. The maximum absolute atomic E-state index is 14.5. The van der Waals surface area contributed by atoms with Crippen LogP contribution in [0.15, 0.2) is 24.4 Å². The van der Waals surface area contributed by atoms with Crippen molar-refractivity contribution in [3.05, 3.63) is 52.1 Å². The number of fused-ring (bicyclic) bond motifs is 1. The fourth-order valence-corrected chi connectivity index (χ4v) is 3.50. The Balaban J connectivity index is 2.18. The van der Waals surface area contributed by atoms with Crippen LogP contribution in [0.4, 0.5) is 13.2 Å². The smallest absolute Gasteiger partial charge is 0.349 e. The van der Waals surface area contributed by atoms with Crippen LogP contribution in [-0.2, 0) is 21.6 Å². The number of benzene rings is 1. The number of nitrogens with zero attached hydrogens (tertiary/aromatic N) is 1. The van der Waals surface area contributed by atoms with Crippen LogP contribution < -0.4 is 4.73 Å². The first kappa shape index (κ1) is 19.4. The summed E-state index contributed by atoms with van der Waals surface area (Å²) in [6.45, 7) is 1.60. The Morgan fingerprint density at radius 2 is 2.15 bits per heavy atom. The van der Waals surface area contributed by atoms with Crippen LogP contribution in [0.3, 0.4) is 0 Å². The lowest BCUT2D eigenvalue weighted by atomic mass is 9.97. The second-order valence-electron chi connectivity index (χ2n) is 6.15. The van der Waals surface area contributed by atoms with Crippen molar-refractivity contribution in [1.29, 1.82) is 0 Å². The number of carbonyl (C=O) groups excluding carboxylic acids is 1. The molecule has 0 saturated heterocycles. The SMILES string of the molecule is CCOC(=O)C1(O)CCc2cc(-c3c(C(F)F)ccc(Cl)c3F)c[n+](O)c21. The summed E-state index contributed by atoms with van der Waals surface area (Å²) in [4.78, 5) is 12.1. The molecule has 27 heavy (non-hydrogen) atoms. The highest BCUT2D eigenvalue weighted by molar-refractivity contribution is 6.31. The van der Waals surface area contributed by atoms with Gasteiger partial charge in [0.2, 0.25) is 6.20 Å². The minimum Gasteiger partial charge on any atom is -0.463 e. The molecule has 0 radical (unpaired) electrons. The van der Waals surface area contributed by atoms with Gasteiger partial charge in [-0.3, -0.25) is 5.21 Å². The topological polar surface area (TPSA) is 70.6 Å². The molecule has 1 atom stereocenters. The molecule has 1 aliphatic carbocycles. The van der Waals surface area contributed by atoms with Crippen molar-refractivity contribution in [1.82, 2.24) is 0 Å². The van der Waals surface area contributed by atoms with Gasteiger partial charge in [0.15, 0.2) is 0 Å². The van der Waals surface area contributed by atoms with Crippen molar-refractivity contribution in [2.75, 3.05) is 6.61 Å². The molecule has 144 valence electrons. The molecule has 1 aliphatic rings. The monoisotopic (exact) mass is 402 g/mol. The molecule has 0 bridgehead atoms. The van der Waals surface area contributed by atoms with E-state index in [0.29, 0.717) is 10.3 Å². The summed E-state index contributed by atoms with van der Waals surface area (Å²) in [5.74, 6) is -1.98. The highest BCUT2D eigenvalue weighted by Gasteiger charge is 2.53. The van der Waals surface area contributed by atoms with E-state index in [9.17, 15) is 28.3 Å². The van der Waals surface area contributed by atoms with Crippen LogP contribution in [0.25, 0.3) is 11.1 Å². The number of pyridine rings is 1. The van der Waals surface area contributed by atoms with E-state index < -0.39 is 34.9 Å². The zero-order valence-electron chi connectivity index (χ0n) is 14.2. The number of ether oxygens (including phenoxy) is 1. The molecule has 0 aliphatic heterocycles. The third kappa shape index (κ3) is 3.12. The maximum atomic E-state index is 14.5. The Hall–Kier alpha value is -2.32. The van der Waals surface area contributed by atoms with Crippen molar-refractivity contribution in [3.63, 3.8) is 0 Å². The number of rotatable bonds is 4. The maximum Gasteiger partial charge on any atom is 0.349 e. The van der Waals surface area contributed by atoms with Gasteiger partial charge in [-0.15, -0.1) is 0 Å². The molecule has 9 heteroatoms. The van der Waals surface area contributed by atoms with Gasteiger partial charge in [-0.2, -0.15) is 0 Å². The summed E-state index contributed by atoms with van der Waals surface area (Å²) < 4.78 is 46.5. The number of aryl methyl sites for hydroxylation is 1. The molecule has 0 saturated carbocycles. The largest absolute Gasteiger partial charge is 0.463 e. The van der Waals surface area contributed by atoms with Gasteiger partial charge in [0.1, 0.15) is 5.82 Å². The number of alkyl halides is 2. The average molecular weight is 403 g/mol. The third-order valence-electron chi connectivity index (χ3n) is 4.54. The van der Waals surface area contributed by atoms with Gasteiger partial charge in [-0.25, -0.2) is 18.0 Å². The highest BCUT2D eigenvalue weighted by Crippen LogP contribution is 2.40. The summed E-state index contributed by atoms with van der Waals surface area (Å²) in [6, 6.07) is 3.39. The van der Waals surface area contributed by atoms with Crippen LogP contribution in [0, 0.1) is 5.82 Å². The van der Waals surface area contributed by atoms with E-state index >= 15 is 0 Å². The van der Waals surface area contributed by atoms with Gasteiger partial charge < -0.3 is 9.84 Å². The van der Waals surface area contributed by atoms with Gasteiger partial charge in [0.05, 0.1) is 17.2 Å². The van der Waals surface area contributed by atoms with E-state index in [1.165, 1.54) is 6.07 Å². The van der Waals surface area contributed by atoms with E-state index in [1.807, 2.05) is 0 Å². The van der Waals surface area contributed by atoms with E-state index in [0.717, 1.165) is 18.3 Å². The second kappa shape index (κ2) is 7.01. The van der Waals surface area contributed by atoms with Gasteiger partial charge in [-0.05, 0) is 25.5 Å². The zero-order valence-corrected chi connectivity index (χ0v) is 14.9. The number of aliphatic hydroxyl groups is 1. The van der Waals surface area contributed by atoms with Crippen molar-refractivity contribution >= 4 is 17.6 Å². The van der Waals surface area contributed by atoms with Crippen LogP contribution in [-0.4, -0.2) is 22.9 Å². The first-order chi connectivity index (χ1) is 12.7. The molecule has 0 amide bonds. The third-order valence-corrected chi connectivity index (χ3v) is 4.83. The number of carbonyl (C=O) groups is 1. The standard InChI is InChI=1S/C18H16ClF3NO4/c1-2-27-17(24)18(25)6-5-9-7-10(8-23(26)15(9)18)13-11(16(21)22)3-4-12(19)14(13)20/h3-4,7-8,16,25-26H,2,5-6H2,1H3/q+1. The number of esters is 1. The van der Waals surface area contributed by atoms with E-state index in [1.54, 1.807) is 6.92 Å². The van der Waals surface area contributed by atoms with Gasteiger partial charge in [0.25, 0.3) is 17.7 Å². The molecule has 5 nitrogen and oxygen atoms in total. The molecular weight excluding hydrogens is 387 g/mol. The molecular formula is C18H16ClF3NO4+. The molecule has 1 aromatic carbocycles. The normalized spacial score (nSPS) is 18.6. The lowest BCUT2D eigenvalue weighted by molar-refractivity contribution is -0.912. The fraction of sp³-hybridized carbons (Fsp3) is 0.333. The van der Waals surface area contributed by atoms with Gasteiger partial charge >= 0.3 is 5.97 Å². The Kier molecular flexibility index (Phi) is 5.05. The quantitative estimate of drug-likeness (QED) is 0.467. The number of aromatic nitrogens is 1. The van der Waals surface area contributed by atoms with Crippen LogP contribution in [0.5, 0.6) is 0 Å². The predicted octanol–water partition coefficient (Wildman–Crippen LogP) is 3.31. The molecule has 2 aromatic rings. The van der Waals surface area contributed by atoms with Crippen LogP contribution >= 0.6 is 11.6 Å².